The lowest BCUT2D eigenvalue weighted by Gasteiger charge is -2.14. The fourth-order valence-corrected chi connectivity index (χ4v) is 3.88. The van der Waals surface area contributed by atoms with E-state index < -0.39 is 0 Å². The van der Waals surface area contributed by atoms with E-state index in [1.807, 2.05) is 28.0 Å². The van der Waals surface area contributed by atoms with Crippen LogP contribution in [0.1, 0.15) is 52.9 Å². The van der Waals surface area contributed by atoms with Crippen molar-refractivity contribution in [3.8, 4) is 0 Å². The molecule has 1 N–H and O–H groups in total. The molecular formula is C16H19N5S. The van der Waals surface area contributed by atoms with Crippen molar-refractivity contribution in [2.75, 3.05) is 5.32 Å². The van der Waals surface area contributed by atoms with Crippen molar-refractivity contribution in [1.29, 1.82) is 0 Å². The maximum Gasteiger partial charge on any atom is 0.178 e. The fraction of sp³-hybridized carbons (Fsp3) is 0.438. The van der Waals surface area contributed by atoms with Gasteiger partial charge in [0.2, 0.25) is 0 Å². The largest absolute Gasteiger partial charge is 0.362 e. The van der Waals surface area contributed by atoms with Crippen molar-refractivity contribution in [3.63, 3.8) is 0 Å². The van der Waals surface area contributed by atoms with Gasteiger partial charge in [0.15, 0.2) is 11.5 Å². The Kier molecular flexibility index (Phi) is 3.14. The molecule has 1 fully saturated rings. The molecule has 0 radical (unpaired) electrons. The standard InChI is InChI=1S/C16H19N5S/c1-9-8-13(11(3)22-9)10(2)17-14-6-7-15-18-19-16(12-4-5-12)21(15)20-14/h6-8,10,12H,4-5H2,1-3H3,(H,17,20). The highest BCUT2D eigenvalue weighted by atomic mass is 32.1. The third-order valence-corrected chi connectivity index (χ3v) is 5.12. The molecule has 1 unspecified atom stereocenters. The van der Waals surface area contributed by atoms with Crippen molar-refractivity contribution in [3.05, 3.63) is 39.3 Å². The molecule has 1 aliphatic carbocycles. The Balaban J connectivity index is 1.63. The van der Waals surface area contributed by atoms with Crippen LogP contribution in [0.15, 0.2) is 18.2 Å². The molecule has 0 aromatic carbocycles. The lowest BCUT2D eigenvalue weighted by Crippen LogP contribution is -2.10. The molecule has 3 heterocycles. The summed E-state index contributed by atoms with van der Waals surface area (Å²) < 4.78 is 1.89. The van der Waals surface area contributed by atoms with Crippen LogP contribution in [0.4, 0.5) is 5.82 Å². The molecule has 1 saturated carbocycles. The molecule has 0 bridgehead atoms. The molecule has 0 spiro atoms. The minimum Gasteiger partial charge on any atom is -0.362 e. The average molecular weight is 313 g/mol. The second kappa shape index (κ2) is 5.05. The van der Waals surface area contributed by atoms with E-state index in [4.69, 9.17) is 0 Å². The summed E-state index contributed by atoms with van der Waals surface area (Å²) in [5.41, 5.74) is 2.17. The Morgan fingerprint density at radius 3 is 2.77 bits per heavy atom. The average Bonchev–Trinajstić information content (AvgIpc) is 3.15. The smallest absolute Gasteiger partial charge is 0.178 e. The Hall–Kier alpha value is -1.95. The number of anilines is 1. The summed E-state index contributed by atoms with van der Waals surface area (Å²) in [6, 6.07) is 6.44. The zero-order valence-corrected chi connectivity index (χ0v) is 13.8. The van der Waals surface area contributed by atoms with Gasteiger partial charge in [-0.1, -0.05) is 0 Å². The SMILES string of the molecule is Cc1cc(C(C)Nc2ccc3nnc(C4CC4)n3n2)c(C)s1. The first-order chi connectivity index (χ1) is 10.6. The molecule has 0 amide bonds. The highest BCUT2D eigenvalue weighted by Gasteiger charge is 2.29. The number of fused-ring (bicyclic) bond motifs is 1. The molecule has 3 aromatic rings. The van der Waals surface area contributed by atoms with E-state index in [1.165, 1.54) is 28.2 Å². The van der Waals surface area contributed by atoms with E-state index in [2.05, 4.69) is 47.5 Å². The van der Waals surface area contributed by atoms with Gasteiger partial charge < -0.3 is 5.32 Å². The maximum absolute atomic E-state index is 4.68. The third-order valence-electron chi connectivity index (χ3n) is 4.14. The first-order valence-electron chi connectivity index (χ1n) is 7.67. The molecule has 5 nitrogen and oxygen atoms in total. The second-order valence-electron chi connectivity index (χ2n) is 6.06. The zero-order valence-electron chi connectivity index (χ0n) is 13.0. The first kappa shape index (κ1) is 13.7. The van der Waals surface area contributed by atoms with Crippen LogP contribution in [-0.2, 0) is 0 Å². The Morgan fingerprint density at radius 1 is 1.27 bits per heavy atom. The number of rotatable bonds is 4. The third kappa shape index (κ3) is 2.37. The highest BCUT2D eigenvalue weighted by Crippen LogP contribution is 2.38. The monoisotopic (exact) mass is 313 g/mol. The van der Waals surface area contributed by atoms with Crippen molar-refractivity contribution in [1.82, 2.24) is 19.8 Å². The number of hydrogen-bond donors (Lipinski definition) is 1. The highest BCUT2D eigenvalue weighted by molar-refractivity contribution is 7.12. The van der Waals surface area contributed by atoms with Gasteiger partial charge in [0, 0.05) is 15.7 Å². The van der Waals surface area contributed by atoms with E-state index >= 15 is 0 Å². The molecule has 1 aliphatic rings. The summed E-state index contributed by atoms with van der Waals surface area (Å²) in [5.74, 6) is 2.40. The van der Waals surface area contributed by atoms with Gasteiger partial charge in [-0.15, -0.1) is 26.6 Å². The summed E-state index contributed by atoms with van der Waals surface area (Å²) in [6.07, 6.45) is 2.40. The van der Waals surface area contributed by atoms with Gasteiger partial charge in [-0.25, -0.2) is 0 Å². The van der Waals surface area contributed by atoms with Crippen LogP contribution >= 0.6 is 11.3 Å². The summed E-state index contributed by atoms with van der Waals surface area (Å²) in [5, 5.41) is 16.7. The normalized spacial score (nSPS) is 16.1. The van der Waals surface area contributed by atoms with Gasteiger partial charge in [-0.3, -0.25) is 0 Å². The first-order valence-corrected chi connectivity index (χ1v) is 8.49. The minimum absolute atomic E-state index is 0.232. The molecule has 6 heteroatoms. The van der Waals surface area contributed by atoms with Gasteiger partial charge >= 0.3 is 0 Å². The van der Waals surface area contributed by atoms with Crippen molar-refractivity contribution in [2.45, 2.75) is 45.6 Å². The number of aryl methyl sites for hydroxylation is 2. The molecule has 3 aromatic heterocycles. The number of nitrogens with one attached hydrogen (secondary N) is 1. The van der Waals surface area contributed by atoms with E-state index in [9.17, 15) is 0 Å². The van der Waals surface area contributed by atoms with Crippen molar-refractivity contribution < 1.29 is 0 Å². The van der Waals surface area contributed by atoms with Gasteiger partial charge in [0.1, 0.15) is 5.82 Å². The maximum atomic E-state index is 4.68. The van der Waals surface area contributed by atoms with Crippen LogP contribution in [0.2, 0.25) is 0 Å². The molecule has 1 atom stereocenters. The number of aromatic nitrogens is 4. The number of nitrogens with zero attached hydrogens (tertiary/aromatic N) is 4. The number of hydrogen-bond acceptors (Lipinski definition) is 5. The van der Waals surface area contributed by atoms with E-state index in [0.29, 0.717) is 5.92 Å². The molecule has 22 heavy (non-hydrogen) atoms. The summed E-state index contributed by atoms with van der Waals surface area (Å²) in [7, 11) is 0. The molecule has 0 aliphatic heterocycles. The lowest BCUT2D eigenvalue weighted by atomic mass is 10.1. The second-order valence-corrected chi connectivity index (χ2v) is 7.52. The van der Waals surface area contributed by atoms with Gasteiger partial charge in [-0.2, -0.15) is 4.52 Å². The minimum atomic E-state index is 0.232. The summed E-state index contributed by atoms with van der Waals surface area (Å²) in [4.78, 5) is 2.71. The zero-order chi connectivity index (χ0) is 15.3. The topological polar surface area (TPSA) is 55.1 Å². The Bertz CT molecular complexity index is 830. The van der Waals surface area contributed by atoms with Crippen LogP contribution in [-0.4, -0.2) is 19.8 Å². The van der Waals surface area contributed by atoms with E-state index in [-0.39, 0.29) is 6.04 Å². The fourth-order valence-electron chi connectivity index (χ4n) is 2.86. The van der Waals surface area contributed by atoms with Crippen LogP contribution in [0.25, 0.3) is 5.65 Å². The summed E-state index contributed by atoms with van der Waals surface area (Å²) >= 11 is 1.84. The predicted molar refractivity (Wildman–Crippen MR) is 88.6 cm³/mol. The van der Waals surface area contributed by atoms with Gasteiger partial charge in [0.05, 0.1) is 6.04 Å². The van der Waals surface area contributed by atoms with Gasteiger partial charge in [-0.05, 0) is 57.4 Å². The number of thiophene rings is 1. The van der Waals surface area contributed by atoms with Crippen molar-refractivity contribution in [2.24, 2.45) is 0 Å². The molecule has 4 rings (SSSR count). The van der Waals surface area contributed by atoms with Gasteiger partial charge in [0.25, 0.3) is 0 Å². The predicted octanol–water partition coefficient (Wildman–Crippen LogP) is 3.85. The molecule has 0 saturated heterocycles. The van der Waals surface area contributed by atoms with E-state index in [1.54, 1.807) is 0 Å². The van der Waals surface area contributed by atoms with E-state index in [0.717, 1.165) is 17.3 Å². The van der Waals surface area contributed by atoms with Crippen LogP contribution in [0, 0.1) is 13.8 Å². The molecule has 114 valence electrons. The van der Waals surface area contributed by atoms with Crippen LogP contribution in [0.5, 0.6) is 0 Å². The Labute approximate surface area is 133 Å². The van der Waals surface area contributed by atoms with Crippen LogP contribution < -0.4 is 5.32 Å². The quantitative estimate of drug-likeness (QED) is 0.795. The van der Waals surface area contributed by atoms with Crippen LogP contribution in [0.3, 0.4) is 0 Å². The lowest BCUT2D eigenvalue weighted by molar-refractivity contribution is 0.797. The Morgan fingerprint density at radius 2 is 2.09 bits per heavy atom. The summed E-state index contributed by atoms with van der Waals surface area (Å²) in [6.45, 7) is 6.50. The molecular weight excluding hydrogens is 294 g/mol. The van der Waals surface area contributed by atoms with Crippen molar-refractivity contribution >= 4 is 22.8 Å².